The Morgan fingerprint density at radius 3 is 2.45 bits per heavy atom. The van der Waals surface area contributed by atoms with Gasteiger partial charge in [0.1, 0.15) is 11.7 Å². The van der Waals surface area contributed by atoms with Crippen molar-refractivity contribution in [1.82, 2.24) is 0 Å². The van der Waals surface area contributed by atoms with E-state index in [4.69, 9.17) is 4.74 Å². The number of aliphatic imine (C=N–C) groups is 1. The molecule has 0 aromatic rings. The summed E-state index contributed by atoms with van der Waals surface area (Å²) >= 11 is 0. The number of Topliss-reactive ketones (excluding diaryl/α,β-unsaturated/α-hetero) is 1. The average Bonchev–Trinajstić information content (AvgIpc) is 2.43. The lowest BCUT2D eigenvalue weighted by molar-refractivity contribution is -0.149. The monoisotopic (exact) mass is 309 g/mol. The fourth-order valence-electron chi connectivity index (χ4n) is 2.87. The van der Waals surface area contributed by atoms with Gasteiger partial charge in [0.05, 0.1) is 12.7 Å². The van der Waals surface area contributed by atoms with Crippen molar-refractivity contribution in [2.45, 2.75) is 53.4 Å². The largest absolute Gasteiger partial charge is 0.511 e. The molecule has 0 amide bonds. The number of carbonyl (C=O) groups excluding carboxylic acids is 2. The van der Waals surface area contributed by atoms with Crippen LogP contribution in [0.1, 0.15) is 53.4 Å². The van der Waals surface area contributed by atoms with Crippen LogP contribution >= 0.6 is 0 Å². The molecule has 0 aromatic heterocycles. The molecule has 22 heavy (non-hydrogen) atoms. The first kappa shape index (κ1) is 18.4. The molecule has 1 aliphatic rings. The van der Waals surface area contributed by atoms with Gasteiger partial charge in [0.2, 0.25) is 0 Å². The average molecular weight is 309 g/mol. The van der Waals surface area contributed by atoms with Gasteiger partial charge < -0.3 is 9.84 Å². The van der Waals surface area contributed by atoms with Crippen molar-refractivity contribution in [2.75, 3.05) is 13.7 Å². The van der Waals surface area contributed by atoms with Gasteiger partial charge in [-0.15, -0.1) is 0 Å². The maximum atomic E-state index is 12.4. The maximum absolute atomic E-state index is 12.4. The third kappa shape index (κ3) is 3.76. The van der Waals surface area contributed by atoms with Crippen LogP contribution in [0.5, 0.6) is 0 Å². The molecule has 5 nitrogen and oxygen atoms in total. The van der Waals surface area contributed by atoms with Gasteiger partial charge in [0, 0.05) is 18.7 Å². The molecule has 0 saturated carbocycles. The predicted molar refractivity (Wildman–Crippen MR) is 86.1 cm³/mol. The van der Waals surface area contributed by atoms with Crippen LogP contribution in [0, 0.1) is 11.3 Å². The second-order valence-electron chi connectivity index (χ2n) is 6.38. The lowest BCUT2D eigenvalue weighted by Crippen LogP contribution is -2.42. The summed E-state index contributed by atoms with van der Waals surface area (Å²) in [5, 5.41) is 10.6. The summed E-state index contributed by atoms with van der Waals surface area (Å²) in [7, 11) is 1.29. The number of hydrogen-bond acceptors (Lipinski definition) is 5. The molecular weight excluding hydrogens is 282 g/mol. The fourth-order valence-corrected chi connectivity index (χ4v) is 2.87. The molecule has 5 heteroatoms. The number of esters is 1. The number of methoxy groups -OCH3 is 1. The normalized spacial score (nSPS) is 22.8. The van der Waals surface area contributed by atoms with Crippen LogP contribution in [0.4, 0.5) is 0 Å². The third-order valence-electron chi connectivity index (χ3n) is 3.94. The Balaban J connectivity index is 3.42. The number of allylic oxidation sites excluding steroid dienone is 1. The van der Waals surface area contributed by atoms with Gasteiger partial charge in [-0.25, -0.2) is 0 Å². The van der Waals surface area contributed by atoms with Crippen LogP contribution < -0.4 is 0 Å². The number of aliphatic hydroxyl groups is 1. The zero-order valence-corrected chi connectivity index (χ0v) is 14.2. The van der Waals surface area contributed by atoms with Gasteiger partial charge in [-0.05, 0) is 24.7 Å². The highest BCUT2D eigenvalue weighted by atomic mass is 16.5. The van der Waals surface area contributed by atoms with Gasteiger partial charge >= 0.3 is 5.97 Å². The minimum atomic E-state index is -0.825. The number of nitrogens with zero attached hydrogens (tertiary/aromatic N) is 1. The first-order valence-corrected chi connectivity index (χ1v) is 7.87. The van der Waals surface area contributed by atoms with Gasteiger partial charge in [-0.1, -0.05) is 27.7 Å². The summed E-state index contributed by atoms with van der Waals surface area (Å²) < 4.78 is 4.82. The van der Waals surface area contributed by atoms with Crippen molar-refractivity contribution in [3.63, 3.8) is 0 Å². The summed E-state index contributed by atoms with van der Waals surface area (Å²) in [5.41, 5.74) is 0.299. The molecule has 0 unspecified atom stereocenters. The van der Waals surface area contributed by atoms with E-state index < -0.39 is 17.3 Å². The van der Waals surface area contributed by atoms with E-state index in [1.165, 1.54) is 7.11 Å². The Morgan fingerprint density at radius 2 is 1.95 bits per heavy atom. The first-order valence-electron chi connectivity index (χ1n) is 7.87. The molecule has 0 radical (unpaired) electrons. The fraction of sp³-hybridized carbons (Fsp3) is 0.706. The molecule has 0 aliphatic heterocycles. The molecule has 1 N–H and O–H groups in total. The zero-order chi connectivity index (χ0) is 16.9. The molecule has 0 heterocycles. The molecule has 0 aromatic carbocycles. The zero-order valence-electron chi connectivity index (χ0n) is 14.2. The van der Waals surface area contributed by atoms with Crippen molar-refractivity contribution in [1.29, 1.82) is 0 Å². The van der Waals surface area contributed by atoms with Crippen LogP contribution in [-0.4, -0.2) is 36.2 Å². The first-order chi connectivity index (χ1) is 10.3. The van der Waals surface area contributed by atoms with Crippen molar-refractivity contribution < 1.29 is 19.4 Å². The molecule has 1 aliphatic carbocycles. The van der Waals surface area contributed by atoms with Crippen molar-refractivity contribution in [3.8, 4) is 0 Å². The van der Waals surface area contributed by atoms with Gasteiger partial charge in [-0.2, -0.15) is 0 Å². The molecule has 1 rings (SSSR count). The van der Waals surface area contributed by atoms with E-state index >= 15 is 0 Å². The third-order valence-corrected chi connectivity index (χ3v) is 3.94. The van der Waals surface area contributed by atoms with Crippen LogP contribution in [0.15, 0.2) is 16.3 Å². The molecule has 0 saturated heterocycles. The van der Waals surface area contributed by atoms with E-state index in [0.717, 1.165) is 6.42 Å². The van der Waals surface area contributed by atoms with Gasteiger partial charge in [0.25, 0.3) is 0 Å². The number of ether oxygens (including phenoxy) is 1. The molecule has 0 spiro atoms. The van der Waals surface area contributed by atoms with E-state index in [-0.39, 0.29) is 17.1 Å². The van der Waals surface area contributed by atoms with Crippen LogP contribution in [-0.2, 0) is 14.3 Å². The number of aliphatic hydroxyl groups excluding tert-OH is 1. The van der Waals surface area contributed by atoms with Crippen molar-refractivity contribution >= 4 is 17.5 Å². The van der Waals surface area contributed by atoms with E-state index in [9.17, 15) is 14.7 Å². The Hall–Kier alpha value is -1.65. The lowest BCUT2D eigenvalue weighted by Gasteiger charge is -2.37. The molecule has 124 valence electrons. The van der Waals surface area contributed by atoms with E-state index in [0.29, 0.717) is 31.5 Å². The van der Waals surface area contributed by atoms with Crippen molar-refractivity contribution in [3.05, 3.63) is 11.3 Å². The Morgan fingerprint density at radius 1 is 1.32 bits per heavy atom. The van der Waals surface area contributed by atoms with E-state index in [1.54, 1.807) is 0 Å². The smallest absolute Gasteiger partial charge is 0.316 e. The lowest BCUT2D eigenvalue weighted by atomic mass is 9.67. The summed E-state index contributed by atoms with van der Waals surface area (Å²) in [6.45, 7) is 8.28. The second-order valence-corrected chi connectivity index (χ2v) is 6.38. The summed E-state index contributed by atoms with van der Waals surface area (Å²) in [4.78, 5) is 28.9. The maximum Gasteiger partial charge on any atom is 0.316 e. The number of rotatable bonds is 6. The molecule has 0 fully saturated rings. The second kappa shape index (κ2) is 7.56. The highest BCUT2D eigenvalue weighted by molar-refractivity contribution is 6.24. The number of ketones is 1. The molecule has 0 bridgehead atoms. The summed E-state index contributed by atoms with van der Waals surface area (Å²) in [6, 6.07) is 0. The Labute approximate surface area is 132 Å². The number of hydrogen-bond donors (Lipinski definition) is 1. The standard InChI is InChI=1S/C17H27NO4/c1-6-8-12(19)13-11(18-9-7-2)10-17(3,4)14(15(13)20)16(21)22-5/h14,20H,6-10H2,1-5H3/t14-/m0/s1. The Bertz CT molecular complexity index is 503. The highest BCUT2D eigenvalue weighted by Gasteiger charge is 2.47. The SMILES string of the molecule is CCCN=C1CC(C)(C)[C@H](C(=O)OC)C(O)=C1C(=O)CCC. The van der Waals surface area contributed by atoms with Crippen LogP contribution in [0.3, 0.4) is 0 Å². The van der Waals surface area contributed by atoms with E-state index in [2.05, 4.69) is 4.99 Å². The number of carbonyl (C=O) groups is 2. The van der Waals surface area contributed by atoms with Crippen molar-refractivity contribution in [2.24, 2.45) is 16.3 Å². The van der Waals surface area contributed by atoms with Gasteiger partial charge in [0.15, 0.2) is 5.78 Å². The minimum Gasteiger partial charge on any atom is -0.511 e. The minimum absolute atomic E-state index is 0.153. The van der Waals surface area contributed by atoms with Gasteiger partial charge in [-0.3, -0.25) is 14.6 Å². The molecule has 1 atom stereocenters. The highest BCUT2D eigenvalue weighted by Crippen LogP contribution is 2.43. The summed E-state index contributed by atoms with van der Waals surface area (Å²) in [5.74, 6) is -1.68. The van der Waals surface area contributed by atoms with E-state index in [1.807, 2.05) is 27.7 Å². The molecular formula is C17H27NO4. The topological polar surface area (TPSA) is 76.0 Å². The van der Waals surface area contributed by atoms with Crippen LogP contribution in [0.2, 0.25) is 0 Å². The Kier molecular flexibility index (Phi) is 6.33. The predicted octanol–water partition coefficient (Wildman–Crippen LogP) is 3.24. The van der Waals surface area contributed by atoms with Crippen LogP contribution in [0.25, 0.3) is 0 Å². The summed E-state index contributed by atoms with van der Waals surface area (Å²) in [6.07, 6.45) is 2.35. The quantitative estimate of drug-likeness (QED) is 0.764.